The highest BCUT2D eigenvalue weighted by Gasteiger charge is 2.18. The van der Waals surface area contributed by atoms with Gasteiger partial charge in [0.05, 0.1) is 5.51 Å². The van der Waals surface area contributed by atoms with E-state index < -0.39 is 0 Å². The van der Waals surface area contributed by atoms with Gasteiger partial charge in [0.2, 0.25) is 5.82 Å². The lowest BCUT2D eigenvalue weighted by Crippen LogP contribution is -2.18. The van der Waals surface area contributed by atoms with Crippen molar-refractivity contribution < 1.29 is 4.52 Å². The Bertz CT molecular complexity index is 1080. The Morgan fingerprint density at radius 3 is 2.91 bits per heavy atom. The number of fused-ring (bicyclic) bond motifs is 1. The number of nitrogens with zero attached hydrogens (tertiary/aromatic N) is 4. The van der Waals surface area contributed by atoms with E-state index in [0.29, 0.717) is 26.9 Å². The zero-order valence-corrected chi connectivity index (χ0v) is 13.4. The molecular weight excluding hydrogens is 336 g/mol. The van der Waals surface area contributed by atoms with E-state index in [1.165, 1.54) is 15.9 Å². The molecule has 0 unspecified atom stereocenters. The van der Waals surface area contributed by atoms with Crippen LogP contribution in [0.5, 0.6) is 0 Å². The Balaban J connectivity index is 1.90. The summed E-state index contributed by atoms with van der Waals surface area (Å²) in [5, 5.41) is 5.36. The quantitative estimate of drug-likeness (QED) is 0.557. The third kappa shape index (κ3) is 2.25. The molecule has 1 aromatic carbocycles. The third-order valence-electron chi connectivity index (χ3n) is 3.53. The summed E-state index contributed by atoms with van der Waals surface area (Å²) in [6.45, 7) is 0. The monoisotopic (exact) mass is 344 g/mol. The minimum absolute atomic E-state index is 0.121. The van der Waals surface area contributed by atoms with Crippen LogP contribution in [0.1, 0.15) is 0 Å². The maximum Gasteiger partial charge on any atom is 0.275 e. The largest absolute Gasteiger partial charge is 0.332 e. The Labute approximate surface area is 139 Å². The first kappa shape index (κ1) is 14.1. The number of hydrogen-bond acceptors (Lipinski definition) is 6. The minimum atomic E-state index is -0.121. The summed E-state index contributed by atoms with van der Waals surface area (Å²) >= 11 is 7.33. The van der Waals surface area contributed by atoms with Crippen molar-refractivity contribution >= 4 is 33.7 Å². The van der Waals surface area contributed by atoms with Crippen LogP contribution in [-0.4, -0.2) is 19.7 Å². The summed E-state index contributed by atoms with van der Waals surface area (Å²) in [7, 11) is 1.67. The zero-order valence-electron chi connectivity index (χ0n) is 11.9. The Hall–Kier alpha value is -2.51. The minimum Gasteiger partial charge on any atom is -0.332 e. The van der Waals surface area contributed by atoms with Gasteiger partial charge in [-0.25, -0.2) is 4.98 Å². The molecule has 0 saturated carbocycles. The summed E-state index contributed by atoms with van der Waals surface area (Å²) in [6.07, 6.45) is 0. The maximum absolute atomic E-state index is 12.5. The van der Waals surface area contributed by atoms with E-state index in [0.717, 1.165) is 5.39 Å². The molecule has 4 aromatic rings. The van der Waals surface area contributed by atoms with Crippen LogP contribution in [0.25, 0.3) is 33.9 Å². The van der Waals surface area contributed by atoms with Gasteiger partial charge in [-0.2, -0.15) is 4.98 Å². The molecule has 3 aromatic heterocycles. The van der Waals surface area contributed by atoms with Crippen LogP contribution in [0.15, 0.2) is 45.2 Å². The lowest BCUT2D eigenvalue weighted by molar-refractivity contribution is 0.429. The molecule has 0 aliphatic rings. The van der Waals surface area contributed by atoms with E-state index in [-0.39, 0.29) is 11.4 Å². The molecule has 8 heteroatoms. The first-order chi connectivity index (χ1) is 11.1. The fourth-order valence-electron chi connectivity index (χ4n) is 2.36. The Kier molecular flexibility index (Phi) is 3.24. The molecule has 6 nitrogen and oxygen atoms in total. The van der Waals surface area contributed by atoms with Gasteiger partial charge in [0.25, 0.3) is 11.4 Å². The van der Waals surface area contributed by atoms with Crippen molar-refractivity contribution in [3.05, 3.63) is 50.5 Å². The highest BCUT2D eigenvalue weighted by Crippen LogP contribution is 2.29. The van der Waals surface area contributed by atoms with Crippen LogP contribution in [0.3, 0.4) is 0 Å². The molecular formula is C15H9ClN4O2S. The van der Waals surface area contributed by atoms with Gasteiger partial charge in [0.15, 0.2) is 0 Å². The van der Waals surface area contributed by atoms with Crippen molar-refractivity contribution in [2.45, 2.75) is 0 Å². The standard InChI is InChI=1S/C15H9ClN4O2S/c1-20-10(6-8-4-2-3-5-9(8)15(20)21)14-18-13(19-22-14)11-12(16)23-7-17-11/h2-7H,1H3. The number of halogens is 1. The molecule has 0 N–H and O–H groups in total. The van der Waals surface area contributed by atoms with E-state index in [1.807, 2.05) is 24.3 Å². The molecule has 0 fully saturated rings. The van der Waals surface area contributed by atoms with Crippen LogP contribution >= 0.6 is 22.9 Å². The van der Waals surface area contributed by atoms with E-state index in [9.17, 15) is 4.79 Å². The van der Waals surface area contributed by atoms with Crippen molar-refractivity contribution in [3.63, 3.8) is 0 Å². The molecule has 0 atom stereocenters. The number of pyridine rings is 1. The van der Waals surface area contributed by atoms with Gasteiger partial charge in [-0.1, -0.05) is 35.0 Å². The molecule has 23 heavy (non-hydrogen) atoms. The first-order valence-corrected chi connectivity index (χ1v) is 7.93. The highest BCUT2D eigenvalue weighted by molar-refractivity contribution is 7.14. The highest BCUT2D eigenvalue weighted by atomic mass is 35.5. The zero-order chi connectivity index (χ0) is 16.0. The van der Waals surface area contributed by atoms with Gasteiger partial charge in [-0.05, 0) is 17.5 Å². The molecule has 0 bridgehead atoms. The average Bonchev–Trinajstić information content (AvgIpc) is 3.19. The molecule has 114 valence electrons. The Morgan fingerprint density at radius 1 is 1.30 bits per heavy atom. The molecule has 0 aliphatic heterocycles. The van der Waals surface area contributed by atoms with Gasteiger partial charge in [-0.3, -0.25) is 4.79 Å². The predicted octanol–water partition coefficient (Wildman–Crippen LogP) is 3.37. The molecule has 0 amide bonds. The fourth-order valence-corrected chi connectivity index (χ4v) is 3.12. The fraction of sp³-hybridized carbons (Fsp3) is 0.0667. The Morgan fingerprint density at radius 2 is 2.13 bits per heavy atom. The van der Waals surface area contributed by atoms with Crippen LogP contribution in [-0.2, 0) is 7.05 Å². The van der Waals surface area contributed by atoms with Crippen molar-refractivity contribution in [3.8, 4) is 23.1 Å². The molecule has 0 aliphatic carbocycles. The number of thiazole rings is 1. The number of hydrogen-bond donors (Lipinski definition) is 0. The van der Waals surface area contributed by atoms with Gasteiger partial charge < -0.3 is 9.09 Å². The van der Waals surface area contributed by atoms with Crippen molar-refractivity contribution in [2.24, 2.45) is 7.05 Å². The summed E-state index contributed by atoms with van der Waals surface area (Å²) in [4.78, 5) is 20.9. The summed E-state index contributed by atoms with van der Waals surface area (Å²) < 4.78 is 7.28. The molecule has 0 saturated heterocycles. The van der Waals surface area contributed by atoms with E-state index in [1.54, 1.807) is 18.6 Å². The second-order valence-electron chi connectivity index (χ2n) is 4.88. The molecule has 0 spiro atoms. The van der Waals surface area contributed by atoms with Crippen molar-refractivity contribution in [1.82, 2.24) is 19.7 Å². The maximum atomic E-state index is 12.5. The van der Waals surface area contributed by atoms with Gasteiger partial charge in [-0.15, -0.1) is 11.3 Å². The summed E-state index contributed by atoms with van der Waals surface area (Å²) in [6, 6.07) is 9.21. The summed E-state index contributed by atoms with van der Waals surface area (Å²) in [5.74, 6) is 0.543. The summed E-state index contributed by atoms with van der Waals surface area (Å²) in [5.41, 5.74) is 2.50. The van der Waals surface area contributed by atoms with Crippen molar-refractivity contribution in [2.75, 3.05) is 0 Å². The lowest BCUT2D eigenvalue weighted by atomic mass is 10.1. The van der Waals surface area contributed by atoms with E-state index in [2.05, 4.69) is 15.1 Å². The lowest BCUT2D eigenvalue weighted by Gasteiger charge is -2.06. The topological polar surface area (TPSA) is 73.8 Å². The molecule has 0 radical (unpaired) electrons. The smallest absolute Gasteiger partial charge is 0.275 e. The first-order valence-electron chi connectivity index (χ1n) is 6.67. The van der Waals surface area contributed by atoms with Crippen LogP contribution in [0, 0.1) is 0 Å². The number of aromatic nitrogens is 4. The SMILES string of the molecule is Cn1c(-c2nc(-c3ncsc3Cl)no2)cc2ccccc2c1=O. The van der Waals surface area contributed by atoms with Crippen LogP contribution < -0.4 is 5.56 Å². The average molecular weight is 345 g/mol. The predicted molar refractivity (Wildman–Crippen MR) is 88.6 cm³/mol. The molecule has 3 heterocycles. The number of benzene rings is 1. The van der Waals surface area contributed by atoms with E-state index in [4.69, 9.17) is 16.1 Å². The third-order valence-corrected chi connectivity index (χ3v) is 4.59. The van der Waals surface area contributed by atoms with Gasteiger partial charge >= 0.3 is 0 Å². The normalized spacial score (nSPS) is 11.2. The molecule has 4 rings (SSSR count). The second kappa shape index (κ2) is 5.29. The number of rotatable bonds is 2. The van der Waals surface area contributed by atoms with Crippen LogP contribution in [0.2, 0.25) is 4.34 Å². The van der Waals surface area contributed by atoms with Gasteiger partial charge in [0, 0.05) is 12.4 Å². The van der Waals surface area contributed by atoms with Gasteiger partial charge in [0.1, 0.15) is 15.7 Å². The second-order valence-corrected chi connectivity index (χ2v) is 6.34. The van der Waals surface area contributed by atoms with E-state index >= 15 is 0 Å². The van der Waals surface area contributed by atoms with Crippen molar-refractivity contribution in [1.29, 1.82) is 0 Å². The van der Waals surface area contributed by atoms with Crippen LogP contribution in [0.4, 0.5) is 0 Å².